The third-order valence-corrected chi connectivity index (χ3v) is 16.7. The Hall–Kier alpha value is -9.18. The fourth-order valence-electron chi connectivity index (χ4n) is 13.6. The number of fused-ring (bicyclic) bond motifs is 24. The molecule has 1 atom stereocenters. The van der Waals surface area contributed by atoms with E-state index in [1.165, 1.54) is 83.3 Å². The monoisotopic (exact) mass is 931 g/mol. The molecule has 1 spiro atoms. The number of furan rings is 1. The van der Waals surface area contributed by atoms with Gasteiger partial charge in [-0.05, 0) is 150 Å². The lowest BCUT2D eigenvalue weighted by atomic mass is 9.66. The predicted octanol–water partition coefficient (Wildman–Crippen LogP) is 18.8. The van der Waals surface area contributed by atoms with E-state index in [0.717, 1.165) is 67.4 Å². The first-order valence-corrected chi connectivity index (χ1v) is 25.4. The molecule has 342 valence electrons. The average Bonchev–Trinajstić information content (AvgIpc) is 3.98. The number of ether oxygens (including phenoxy) is 1. The molecule has 3 aliphatic carbocycles. The first-order chi connectivity index (χ1) is 36.0. The number of hydrogen-bond acceptors (Lipinski definition) is 3. The molecule has 16 rings (SSSR count). The van der Waals surface area contributed by atoms with E-state index in [0.29, 0.717) is 0 Å². The SMILES string of the molecule is CC1(C)c2ccccc2-c2ccc(N(c3ccc4c(c3)-c3ccccc3-c3ccccc3O4)c3ccc4c(c3)-c3ccccc3-c3ccccc3C43c4ccccc4-c4c3ccc3oc5ccccc5c43)cc21. The molecule has 4 aliphatic rings. The summed E-state index contributed by atoms with van der Waals surface area (Å²) >= 11 is 0. The predicted molar refractivity (Wildman–Crippen MR) is 299 cm³/mol. The van der Waals surface area contributed by atoms with Gasteiger partial charge in [0.15, 0.2) is 0 Å². The van der Waals surface area contributed by atoms with Crippen LogP contribution >= 0.6 is 0 Å². The fourth-order valence-corrected chi connectivity index (χ4v) is 13.6. The van der Waals surface area contributed by atoms with Crippen molar-refractivity contribution < 1.29 is 9.15 Å². The summed E-state index contributed by atoms with van der Waals surface area (Å²) in [4.78, 5) is 2.48. The first kappa shape index (κ1) is 40.5. The molecule has 0 amide bonds. The maximum atomic E-state index is 6.84. The highest BCUT2D eigenvalue weighted by Gasteiger charge is 2.51. The van der Waals surface area contributed by atoms with Crippen LogP contribution in [0.3, 0.4) is 0 Å². The second-order valence-corrected chi connectivity index (χ2v) is 20.6. The minimum absolute atomic E-state index is 0.195. The molecule has 3 nitrogen and oxygen atoms in total. The third-order valence-electron chi connectivity index (χ3n) is 16.7. The van der Waals surface area contributed by atoms with E-state index < -0.39 is 5.41 Å². The zero-order valence-electron chi connectivity index (χ0n) is 40.3. The van der Waals surface area contributed by atoms with Gasteiger partial charge in [0, 0.05) is 44.4 Å². The van der Waals surface area contributed by atoms with Gasteiger partial charge in [-0.2, -0.15) is 0 Å². The van der Waals surface area contributed by atoms with Crippen molar-refractivity contribution in [2.45, 2.75) is 24.7 Å². The highest BCUT2D eigenvalue weighted by Crippen LogP contribution is 2.64. The summed E-state index contributed by atoms with van der Waals surface area (Å²) in [7, 11) is 0. The van der Waals surface area contributed by atoms with Crippen molar-refractivity contribution in [3.63, 3.8) is 0 Å². The van der Waals surface area contributed by atoms with Crippen LogP contribution in [0.5, 0.6) is 11.5 Å². The molecular weight excluding hydrogens is 887 g/mol. The van der Waals surface area contributed by atoms with Gasteiger partial charge in [0.05, 0.1) is 5.41 Å². The number of anilines is 3. The van der Waals surface area contributed by atoms with E-state index >= 15 is 0 Å². The van der Waals surface area contributed by atoms with E-state index in [4.69, 9.17) is 9.15 Å². The van der Waals surface area contributed by atoms with Crippen LogP contribution in [0.1, 0.15) is 47.2 Å². The van der Waals surface area contributed by atoms with Crippen molar-refractivity contribution in [3.8, 4) is 78.3 Å². The van der Waals surface area contributed by atoms with Crippen molar-refractivity contribution in [1.82, 2.24) is 0 Å². The molecule has 12 aromatic rings. The molecule has 11 aromatic carbocycles. The molecule has 1 aliphatic heterocycles. The summed E-state index contributed by atoms with van der Waals surface area (Å²) in [5.74, 6) is 1.69. The van der Waals surface area contributed by atoms with Gasteiger partial charge in [0.1, 0.15) is 22.7 Å². The maximum Gasteiger partial charge on any atom is 0.136 e. The molecular formula is C70H45NO2. The van der Waals surface area contributed by atoms with Crippen LogP contribution in [-0.2, 0) is 10.8 Å². The van der Waals surface area contributed by atoms with Crippen LogP contribution in [0.4, 0.5) is 17.1 Å². The normalized spacial score (nSPS) is 15.5. The van der Waals surface area contributed by atoms with Crippen LogP contribution < -0.4 is 9.64 Å². The molecule has 0 N–H and O–H groups in total. The van der Waals surface area contributed by atoms with Gasteiger partial charge < -0.3 is 14.1 Å². The largest absolute Gasteiger partial charge is 0.456 e. The zero-order valence-corrected chi connectivity index (χ0v) is 40.3. The molecule has 0 saturated heterocycles. The van der Waals surface area contributed by atoms with Crippen LogP contribution in [-0.4, -0.2) is 0 Å². The van der Waals surface area contributed by atoms with E-state index in [1.807, 2.05) is 0 Å². The zero-order chi connectivity index (χ0) is 48.2. The molecule has 0 radical (unpaired) electrons. The van der Waals surface area contributed by atoms with Gasteiger partial charge >= 0.3 is 0 Å². The highest BCUT2D eigenvalue weighted by molar-refractivity contribution is 6.16. The quantitative estimate of drug-likeness (QED) is 0.177. The summed E-state index contributed by atoms with van der Waals surface area (Å²) in [6.07, 6.45) is 0. The van der Waals surface area contributed by atoms with E-state index in [9.17, 15) is 0 Å². The van der Waals surface area contributed by atoms with Crippen molar-refractivity contribution in [2.24, 2.45) is 0 Å². The Kier molecular flexibility index (Phi) is 8.16. The first-order valence-electron chi connectivity index (χ1n) is 25.4. The van der Waals surface area contributed by atoms with Crippen molar-refractivity contribution in [1.29, 1.82) is 0 Å². The smallest absolute Gasteiger partial charge is 0.136 e. The lowest BCUT2D eigenvalue weighted by Crippen LogP contribution is -2.29. The highest BCUT2D eigenvalue weighted by atomic mass is 16.5. The van der Waals surface area contributed by atoms with Gasteiger partial charge in [0.25, 0.3) is 0 Å². The molecule has 3 heteroatoms. The Bertz CT molecular complexity index is 4360. The number of para-hydroxylation sites is 2. The van der Waals surface area contributed by atoms with E-state index in [-0.39, 0.29) is 5.41 Å². The second-order valence-electron chi connectivity index (χ2n) is 20.6. The van der Waals surface area contributed by atoms with Crippen molar-refractivity contribution in [2.75, 3.05) is 4.90 Å². The number of hydrogen-bond donors (Lipinski definition) is 0. The minimum Gasteiger partial charge on any atom is -0.456 e. The lowest BCUT2D eigenvalue weighted by molar-refractivity contribution is 0.488. The Morgan fingerprint density at radius 3 is 1.56 bits per heavy atom. The molecule has 0 fully saturated rings. The van der Waals surface area contributed by atoms with Gasteiger partial charge in [-0.25, -0.2) is 0 Å². The standard InChI is InChI=1S/C70H45NO2/c1-69(2)57-26-12-7-22-50(57)51-34-31-44(41-62(51)69)71(43-33-37-65-56(40-43)48-20-6-4-18-46(48)52-23-10-15-29-63(52)72-65)42-32-35-60-55(39-42)47-19-5-3-17-45(47)49-21-8-13-27-58(49)70(60)59-28-14-9-24-53(59)67-61(70)36-38-66-68(67)54-25-11-16-30-64(54)73-66/h3-41H,1-2H3. The summed E-state index contributed by atoms with van der Waals surface area (Å²) in [5.41, 5.74) is 26.3. The molecule has 1 aromatic heterocycles. The minimum atomic E-state index is -0.670. The van der Waals surface area contributed by atoms with Crippen LogP contribution in [0.25, 0.3) is 88.7 Å². The van der Waals surface area contributed by atoms with E-state index in [2.05, 4.69) is 255 Å². The van der Waals surface area contributed by atoms with Gasteiger partial charge in [-0.1, -0.05) is 190 Å². The Labute approximate surface area is 423 Å². The van der Waals surface area contributed by atoms with Crippen LogP contribution in [0, 0.1) is 0 Å². The van der Waals surface area contributed by atoms with E-state index in [1.54, 1.807) is 0 Å². The maximum absolute atomic E-state index is 6.84. The molecule has 1 unspecified atom stereocenters. The second kappa shape index (κ2) is 14.7. The fraction of sp³-hybridized carbons (Fsp3) is 0.0571. The molecule has 0 saturated carbocycles. The Balaban J connectivity index is 0.987. The van der Waals surface area contributed by atoms with Gasteiger partial charge in [-0.15, -0.1) is 0 Å². The topological polar surface area (TPSA) is 25.6 Å². The molecule has 0 bridgehead atoms. The molecule has 73 heavy (non-hydrogen) atoms. The summed E-state index contributed by atoms with van der Waals surface area (Å²) < 4.78 is 13.5. The van der Waals surface area contributed by atoms with Crippen molar-refractivity contribution >= 4 is 39.0 Å². The Morgan fingerprint density at radius 1 is 0.315 bits per heavy atom. The van der Waals surface area contributed by atoms with Gasteiger partial charge in [0.2, 0.25) is 0 Å². The third kappa shape index (κ3) is 5.38. The van der Waals surface area contributed by atoms with Crippen molar-refractivity contribution in [3.05, 3.63) is 270 Å². The number of rotatable bonds is 3. The van der Waals surface area contributed by atoms with Crippen LogP contribution in [0.15, 0.2) is 241 Å². The average molecular weight is 932 g/mol. The summed E-state index contributed by atoms with van der Waals surface area (Å²) in [6.45, 7) is 4.74. The number of benzene rings is 11. The number of nitrogens with zero attached hydrogens (tertiary/aromatic N) is 1. The lowest BCUT2D eigenvalue weighted by Gasteiger charge is -2.36. The summed E-state index contributed by atoms with van der Waals surface area (Å²) in [5, 5.41) is 2.30. The Morgan fingerprint density at radius 2 is 0.795 bits per heavy atom. The summed E-state index contributed by atoms with van der Waals surface area (Å²) in [6, 6.07) is 87.6. The van der Waals surface area contributed by atoms with Crippen LogP contribution in [0.2, 0.25) is 0 Å². The van der Waals surface area contributed by atoms with Gasteiger partial charge in [-0.3, -0.25) is 0 Å². The molecule has 2 heterocycles.